The van der Waals surface area contributed by atoms with Crippen LogP contribution in [0.1, 0.15) is 26.5 Å². The molecule has 2 heterocycles. The first kappa shape index (κ1) is 19.0. The summed E-state index contributed by atoms with van der Waals surface area (Å²) in [5.41, 5.74) is 1.88. The van der Waals surface area contributed by atoms with Crippen LogP contribution in [0.15, 0.2) is 30.3 Å². The summed E-state index contributed by atoms with van der Waals surface area (Å²) in [6.45, 7) is 2.49. The number of hydrogen-bond acceptors (Lipinski definition) is 5. The molecule has 0 bridgehead atoms. The predicted molar refractivity (Wildman–Crippen MR) is 108 cm³/mol. The maximum Gasteiger partial charge on any atom is 0.264 e. The second kappa shape index (κ2) is 8.32. The van der Waals surface area contributed by atoms with Gasteiger partial charge in [0.05, 0.1) is 25.2 Å². The van der Waals surface area contributed by atoms with Gasteiger partial charge in [0.15, 0.2) is 0 Å². The molecule has 28 heavy (non-hydrogen) atoms. The van der Waals surface area contributed by atoms with Crippen molar-refractivity contribution in [3.05, 3.63) is 45.6 Å². The topological polar surface area (TPSA) is 67.9 Å². The molecule has 0 saturated carbocycles. The van der Waals surface area contributed by atoms with Crippen molar-refractivity contribution >= 4 is 28.8 Å². The van der Waals surface area contributed by atoms with Crippen LogP contribution in [-0.2, 0) is 22.4 Å². The number of aryl methyl sites for hydroxylation is 1. The molecule has 2 aromatic rings. The van der Waals surface area contributed by atoms with E-state index in [1.54, 1.807) is 18.4 Å². The number of benzene rings is 1. The Morgan fingerprint density at radius 2 is 2.07 bits per heavy atom. The van der Waals surface area contributed by atoms with Gasteiger partial charge in [0, 0.05) is 35.6 Å². The van der Waals surface area contributed by atoms with E-state index in [0.29, 0.717) is 38.5 Å². The van der Waals surface area contributed by atoms with Gasteiger partial charge in [0.25, 0.3) is 5.91 Å². The number of fused-ring (bicyclic) bond motifs is 1. The average Bonchev–Trinajstić information content (AvgIpc) is 3.17. The number of carbonyl (C=O) groups is 2. The van der Waals surface area contributed by atoms with Gasteiger partial charge in [-0.25, -0.2) is 0 Å². The van der Waals surface area contributed by atoms with Gasteiger partial charge >= 0.3 is 0 Å². The molecule has 1 atom stereocenters. The van der Waals surface area contributed by atoms with Crippen molar-refractivity contribution in [2.45, 2.75) is 19.3 Å². The van der Waals surface area contributed by atoms with Crippen LogP contribution in [0.5, 0.6) is 5.75 Å². The minimum absolute atomic E-state index is 0.0196. The fraction of sp³-hybridized carbons (Fsp3) is 0.429. The van der Waals surface area contributed by atoms with Crippen molar-refractivity contribution in [3.8, 4) is 5.75 Å². The van der Waals surface area contributed by atoms with Crippen LogP contribution in [0.4, 0.5) is 5.69 Å². The van der Waals surface area contributed by atoms with Gasteiger partial charge in [-0.2, -0.15) is 0 Å². The van der Waals surface area contributed by atoms with Crippen LogP contribution >= 0.6 is 11.3 Å². The molecule has 1 aromatic carbocycles. The lowest BCUT2D eigenvalue weighted by molar-refractivity contribution is -0.120. The summed E-state index contributed by atoms with van der Waals surface area (Å²) in [4.78, 5) is 29.3. The molecule has 1 saturated heterocycles. The zero-order chi connectivity index (χ0) is 19.5. The Hall–Kier alpha value is -2.38. The van der Waals surface area contributed by atoms with Crippen molar-refractivity contribution in [1.29, 1.82) is 0 Å². The van der Waals surface area contributed by atoms with Gasteiger partial charge in [0.1, 0.15) is 5.75 Å². The van der Waals surface area contributed by atoms with E-state index in [9.17, 15) is 9.59 Å². The fourth-order valence-corrected chi connectivity index (χ4v) is 4.90. The highest BCUT2D eigenvalue weighted by Crippen LogP contribution is 2.33. The molecule has 0 spiro atoms. The number of rotatable bonds is 4. The molecule has 1 aliphatic carbocycles. The SMILES string of the molecule is COc1cccc(NC(=O)C2CCc3sc(C(=O)N4CCOCC4)cc3C2)c1. The summed E-state index contributed by atoms with van der Waals surface area (Å²) in [6, 6.07) is 9.37. The van der Waals surface area contributed by atoms with Crippen molar-refractivity contribution in [3.63, 3.8) is 0 Å². The third kappa shape index (κ3) is 4.05. The summed E-state index contributed by atoms with van der Waals surface area (Å²) in [5, 5.41) is 2.99. The summed E-state index contributed by atoms with van der Waals surface area (Å²) in [6.07, 6.45) is 2.32. The molecule has 0 radical (unpaired) electrons. The monoisotopic (exact) mass is 400 g/mol. The Bertz CT molecular complexity index is 873. The van der Waals surface area contributed by atoms with Crippen LogP contribution in [0.3, 0.4) is 0 Å². The number of methoxy groups -OCH3 is 1. The minimum Gasteiger partial charge on any atom is -0.497 e. The second-order valence-electron chi connectivity index (χ2n) is 7.12. The standard InChI is InChI=1S/C21H24N2O4S/c1-26-17-4-2-3-16(13-17)22-20(24)14-5-6-18-15(11-14)12-19(28-18)21(25)23-7-9-27-10-8-23/h2-4,12-14H,5-11H2,1H3,(H,22,24). The Balaban J connectivity index is 1.42. The van der Waals surface area contributed by atoms with Gasteiger partial charge in [-0.3, -0.25) is 9.59 Å². The highest BCUT2D eigenvalue weighted by atomic mass is 32.1. The number of nitrogens with one attached hydrogen (secondary N) is 1. The molecule has 7 heteroatoms. The lowest BCUT2D eigenvalue weighted by Gasteiger charge is -2.26. The van der Waals surface area contributed by atoms with E-state index < -0.39 is 0 Å². The third-order valence-corrected chi connectivity index (χ3v) is 6.53. The van der Waals surface area contributed by atoms with E-state index in [1.807, 2.05) is 35.2 Å². The molecule has 2 aliphatic rings. The van der Waals surface area contributed by atoms with Gasteiger partial charge in [0.2, 0.25) is 5.91 Å². The van der Waals surface area contributed by atoms with E-state index in [1.165, 1.54) is 4.88 Å². The second-order valence-corrected chi connectivity index (χ2v) is 8.26. The molecule has 1 unspecified atom stereocenters. The van der Waals surface area contributed by atoms with E-state index in [-0.39, 0.29) is 17.7 Å². The lowest BCUT2D eigenvalue weighted by atomic mass is 9.87. The summed E-state index contributed by atoms with van der Waals surface area (Å²) >= 11 is 1.58. The highest BCUT2D eigenvalue weighted by molar-refractivity contribution is 7.14. The van der Waals surface area contributed by atoms with Gasteiger partial charge < -0.3 is 19.7 Å². The smallest absolute Gasteiger partial charge is 0.264 e. The molecule has 1 aliphatic heterocycles. The number of nitrogens with zero attached hydrogens (tertiary/aromatic N) is 1. The third-order valence-electron chi connectivity index (χ3n) is 5.30. The van der Waals surface area contributed by atoms with E-state index in [0.717, 1.165) is 29.0 Å². The lowest BCUT2D eigenvalue weighted by Crippen LogP contribution is -2.40. The number of thiophene rings is 1. The zero-order valence-corrected chi connectivity index (χ0v) is 16.7. The molecular formula is C21H24N2O4S. The minimum atomic E-state index is -0.0837. The fourth-order valence-electron chi connectivity index (χ4n) is 3.72. The molecule has 6 nitrogen and oxygen atoms in total. The van der Waals surface area contributed by atoms with Crippen molar-refractivity contribution < 1.29 is 19.1 Å². The van der Waals surface area contributed by atoms with Crippen LogP contribution in [-0.4, -0.2) is 50.1 Å². The maximum atomic E-state index is 12.7. The average molecular weight is 401 g/mol. The first-order valence-corrected chi connectivity index (χ1v) is 10.4. The molecule has 1 aromatic heterocycles. The van der Waals surface area contributed by atoms with Crippen molar-refractivity contribution in [2.24, 2.45) is 5.92 Å². The molecule has 148 valence electrons. The molecule has 1 N–H and O–H groups in total. The number of ether oxygens (including phenoxy) is 2. The van der Waals surface area contributed by atoms with Crippen molar-refractivity contribution in [2.75, 3.05) is 38.7 Å². The van der Waals surface area contributed by atoms with Gasteiger partial charge in [-0.05, 0) is 43.0 Å². The molecular weight excluding hydrogens is 376 g/mol. The number of carbonyl (C=O) groups excluding carboxylic acids is 2. The van der Waals surface area contributed by atoms with E-state index in [4.69, 9.17) is 9.47 Å². The Labute approximate surface area is 168 Å². The molecule has 1 fully saturated rings. The van der Waals surface area contributed by atoms with Crippen molar-refractivity contribution in [1.82, 2.24) is 4.90 Å². The maximum absolute atomic E-state index is 12.7. The first-order valence-electron chi connectivity index (χ1n) is 9.57. The largest absolute Gasteiger partial charge is 0.497 e. The molecule has 4 rings (SSSR count). The van der Waals surface area contributed by atoms with Crippen LogP contribution in [0.2, 0.25) is 0 Å². The quantitative estimate of drug-likeness (QED) is 0.857. The number of morpholine rings is 1. The molecule has 2 amide bonds. The highest BCUT2D eigenvalue weighted by Gasteiger charge is 2.29. The van der Waals surface area contributed by atoms with Gasteiger partial charge in [-0.1, -0.05) is 6.07 Å². The number of hydrogen-bond donors (Lipinski definition) is 1. The number of amides is 2. The van der Waals surface area contributed by atoms with Crippen LogP contribution in [0.25, 0.3) is 0 Å². The van der Waals surface area contributed by atoms with Gasteiger partial charge in [-0.15, -0.1) is 11.3 Å². The Morgan fingerprint density at radius 1 is 1.25 bits per heavy atom. The summed E-state index contributed by atoms with van der Waals surface area (Å²) < 4.78 is 10.5. The number of anilines is 1. The normalized spacial score (nSPS) is 19.0. The summed E-state index contributed by atoms with van der Waals surface area (Å²) in [5.74, 6) is 0.735. The Morgan fingerprint density at radius 3 is 2.86 bits per heavy atom. The Kier molecular flexibility index (Phi) is 5.64. The summed E-state index contributed by atoms with van der Waals surface area (Å²) in [7, 11) is 1.61. The van der Waals surface area contributed by atoms with Crippen LogP contribution < -0.4 is 10.1 Å². The van der Waals surface area contributed by atoms with E-state index in [2.05, 4.69) is 5.32 Å². The zero-order valence-electron chi connectivity index (χ0n) is 15.9. The first-order chi connectivity index (χ1) is 13.6. The predicted octanol–water partition coefficient (Wildman–Crippen LogP) is 2.97. The van der Waals surface area contributed by atoms with E-state index >= 15 is 0 Å². The van der Waals surface area contributed by atoms with Crippen LogP contribution in [0, 0.1) is 5.92 Å².